The number of ketones is 1. The number of nitrogens with zero attached hydrogens (tertiary/aromatic N) is 1. The molecule has 4 rings (SSSR count). The number of aromatic nitrogens is 1. The molecular weight excluding hydrogens is 418 g/mol. The molecule has 32 heavy (non-hydrogen) atoms. The van der Waals surface area contributed by atoms with Crippen molar-refractivity contribution in [2.75, 3.05) is 0 Å². The molecule has 1 aliphatic rings. The van der Waals surface area contributed by atoms with Crippen LogP contribution in [-0.4, -0.2) is 18.8 Å². The molecule has 1 heterocycles. The van der Waals surface area contributed by atoms with Crippen molar-refractivity contribution in [1.82, 2.24) is 4.57 Å². The SMILES string of the molecule is CCCn1c(C)c(Cc2ccccc2S(=O)(=O)c2ccccc2)c2c1CC(C)(C)CC2=O. The summed E-state index contributed by atoms with van der Waals surface area (Å²) in [4.78, 5) is 13.8. The molecular formula is C27H31NO3S. The molecule has 0 saturated heterocycles. The number of benzene rings is 2. The summed E-state index contributed by atoms with van der Waals surface area (Å²) < 4.78 is 29.1. The van der Waals surface area contributed by atoms with Gasteiger partial charge in [0.25, 0.3) is 0 Å². The Hall–Kier alpha value is -2.66. The van der Waals surface area contributed by atoms with Gasteiger partial charge in [0.05, 0.1) is 9.79 Å². The van der Waals surface area contributed by atoms with E-state index in [1.807, 2.05) is 18.2 Å². The maximum atomic E-state index is 13.4. The topological polar surface area (TPSA) is 56.1 Å². The van der Waals surface area contributed by atoms with E-state index in [1.54, 1.807) is 36.4 Å². The molecule has 0 radical (unpaired) electrons. The van der Waals surface area contributed by atoms with E-state index in [-0.39, 0.29) is 16.1 Å². The second-order valence-electron chi connectivity index (χ2n) is 9.58. The Morgan fingerprint density at radius 3 is 2.31 bits per heavy atom. The molecule has 5 heteroatoms. The summed E-state index contributed by atoms with van der Waals surface area (Å²) in [6.45, 7) is 9.37. The zero-order chi connectivity index (χ0) is 23.1. The minimum atomic E-state index is -3.65. The Labute approximate surface area is 191 Å². The van der Waals surface area contributed by atoms with Crippen LogP contribution in [0, 0.1) is 12.3 Å². The van der Waals surface area contributed by atoms with Crippen LogP contribution < -0.4 is 0 Å². The van der Waals surface area contributed by atoms with Crippen LogP contribution in [0.1, 0.15) is 66.5 Å². The summed E-state index contributed by atoms with van der Waals surface area (Å²) in [6, 6.07) is 15.7. The molecule has 3 aromatic rings. The van der Waals surface area contributed by atoms with Crippen LogP contribution >= 0.6 is 0 Å². The number of carbonyl (C=O) groups is 1. The van der Waals surface area contributed by atoms with Gasteiger partial charge in [-0.3, -0.25) is 4.79 Å². The third-order valence-electron chi connectivity index (χ3n) is 6.45. The number of hydrogen-bond acceptors (Lipinski definition) is 3. The fraction of sp³-hybridized carbons (Fsp3) is 0.370. The predicted octanol–water partition coefficient (Wildman–Crippen LogP) is 5.79. The van der Waals surface area contributed by atoms with Gasteiger partial charge >= 0.3 is 0 Å². The lowest BCUT2D eigenvalue weighted by Gasteiger charge is -2.30. The van der Waals surface area contributed by atoms with Crippen molar-refractivity contribution >= 4 is 15.6 Å². The highest BCUT2D eigenvalue weighted by Crippen LogP contribution is 2.40. The quantitative estimate of drug-likeness (QED) is 0.479. The molecule has 4 nitrogen and oxygen atoms in total. The lowest BCUT2D eigenvalue weighted by atomic mass is 9.75. The molecule has 0 N–H and O–H groups in total. The third kappa shape index (κ3) is 3.95. The maximum absolute atomic E-state index is 13.4. The molecule has 1 aromatic heterocycles. The maximum Gasteiger partial charge on any atom is 0.206 e. The first-order valence-corrected chi connectivity index (χ1v) is 12.8. The lowest BCUT2D eigenvalue weighted by molar-refractivity contribution is 0.0909. The number of fused-ring (bicyclic) bond motifs is 1. The first kappa shape index (κ1) is 22.5. The van der Waals surface area contributed by atoms with Crippen LogP contribution in [0.15, 0.2) is 64.4 Å². The second-order valence-corrected chi connectivity index (χ2v) is 11.5. The van der Waals surface area contributed by atoms with E-state index in [0.717, 1.165) is 47.5 Å². The van der Waals surface area contributed by atoms with Crippen LogP contribution in [0.4, 0.5) is 0 Å². The first-order valence-electron chi connectivity index (χ1n) is 11.3. The summed E-state index contributed by atoms with van der Waals surface area (Å²) in [7, 11) is -3.65. The van der Waals surface area contributed by atoms with E-state index in [1.165, 1.54) is 0 Å². The Morgan fingerprint density at radius 1 is 0.969 bits per heavy atom. The van der Waals surface area contributed by atoms with Gasteiger partial charge in [-0.1, -0.05) is 57.2 Å². The molecule has 0 spiro atoms. The van der Waals surface area contributed by atoms with Crippen LogP contribution in [0.3, 0.4) is 0 Å². The van der Waals surface area contributed by atoms with Crippen molar-refractivity contribution in [2.45, 2.75) is 69.7 Å². The van der Waals surface area contributed by atoms with Crippen LogP contribution in [0.5, 0.6) is 0 Å². The van der Waals surface area contributed by atoms with E-state index in [4.69, 9.17) is 0 Å². The fourth-order valence-corrected chi connectivity index (χ4v) is 6.49. The van der Waals surface area contributed by atoms with Crippen LogP contribution in [0.2, 0.25) is 0 Å². The summed E-state index contributed by atoms with van der Waals surface area (Å²) in [5.41, 5.74) is 4.66. The largest absolute Gasteiger partial charge is 0.348 e. The minimum absolute atomic E-state index is 0.0633. The molecule has 0 fully saturated rings. The van der Waals surface area contributed by atoms with Gasteiger partial charge < -0.3 is 4.57 Å². The molecule has 2 aromatic carbocycles. The average Bonchev–Trinajstić information content (AvgIpc) is 3.00. The van der Waals surface area contributed by atoms with Gasteiger partial charge in [0.2, 0.25) is 9.84 Å². The zero-order valence-corrected chi connectivity index (χ0v) is 20.1. The minimum Gasteiger partial charge on any atom is -0.348 e. The average molecular weight is 450 g/mol. The highest BCUT2D eigenvalue weighted by molar-refractivity contribution is 7.91. The van der Waals surface area contributed by atoms with E-state index >= 15 is 0 Å². The third-order valence-corrected chi connectivity index (χ3v) is 8.32. The van der Waals surface area contributed by atoms with Gasteiger partial charge in [-0.15, -0.1) is 0 Å². The number of rotatable bonds is 6. The number of sulfone groups is 1. The smallest absolute Gasteiger partial charge is 0.206 e. The van der Waals surface area contributed by atoms with Gasteiger partial charge in [-0.2, -0.15) is 0 Å². The normalized spacial score (nSPS) is 15.6. The second kappa shape index (κ2) is 8.36. The fourth-order valence-electron chi connectivity index (χ4n) is 4.98. The van der Waals surface area contributed by atoms with Gasteiger partial charge in [-0.05, 0) is 54.5 Å². The van der Waals surface area contributed by atoms with Crippen LogP contribution in [0.25, 0.3) is 0 Å². The molecule has 0 bridgehead atoms. The molecule has 0 aliphatic heterocycles. The summed E-state index contributed by atoms with van der Waals surface area (Å²) in [6.07, 6.45) is 2.79. The van der Waals surface area contributed by atoms with Crippen molar-refractivity contribution in [2.24, 2.45) is 5.41 Å². The Morgan fingerprint density at radius 2 is 1.62 bits per heavy atom. The Kier molecular flexibility index (Phi) is 5.89. The molecule has 0 amide bonds. The Bertz CT molecular complexity index is 1270. The zero-order valence-electron chi connectivity index (χ0n) is 19.3. The number of carbonyl (C=O) groups excluding carboxylic acids is 1. The van der Waals surface area contributed by atoms with E-state index < -0.39 is 9.84 Å². The van der Waals surface area contributed by atoms with E-state index in [9.17, 15) is 13.2 Å². The monoisotopic (exact) mass is 449 g/mol. The van der Waals surface area contributed by atoms with Crippen molar-refractivity contribution in [3.05, 3.63) is 82.7 Å². The van der Waals surface area contributed by atoms with Gasteiger partial charge in [0.1, 0.15) is 0 Å². The van der Waals surface area contributed by atoms with Crippen molar-refractivity contribution in [3.8, 4) is 0 Å². The highest BCUT2D eigenvalue weighted by Gasteiger charge is 2.36. The van der Waals surface area contributed by atoms with Crippen molar-refractivity contribution < 1.29 is 13.2 Å². The van der Waals surface area contributed by atoms with E-state index in [0.29, 0.717) is 17.7 Å². The molecule has 168 valence electrons. The first-order chi connectivity index (χ1) is 15.2. The predicted molar refractivity (Wildman–Crippen MR) is 127 cm³/mol. The standard InChI is InChI=1S/C27H31NO3S/c1-5-15-28-19(2)22(26-23(28)17-27(3,4)18-24(26)29)16-20-11-9-10-14-25(20)32(30,31)21-12-7-6-8-13-21/h6-14H,5,15-18H2,1-4H3. The van der Waals surface area contributed by atoms with Crippen molar-refractivity contribution in [1.29, 1.82) is 0 Å². The summed E-state index contributed by atoms with van der Waals surface area (Å²) >= 11 is 0. The lowest BCUT2D eigenvalue weighted by Crippen LogP contribution is -2.28. The van der Waals surface area contributed by atoms with E-state index in [2.05, 4.69) is 32.3 Å². The Balaban J connectivity index is 1.85. The molecule has 0 atom stereocenters. The van der Waals surface area contributed by atoms with Gasteiger partial charge in [0.15, 0.2) is 5.78 Å². The summed E-state index contributed by atoms with van der Waals surface area (Å²) in [5, 5.41) is 0. The molecule has 0 saturated carbocycles. The summed E-state index contributed by atoms with van der Waals surface area (Å²) in [5.74, 6) is 0.174. The van der Waals surface area contributed by atoms with Crippen molar-refractivity contribution in [3.63, 3.8) is 0 Å². The number of Topliss-reactive ketones (excluding diaryl/α,β-unsaturated/α-hetero) is 1. The highest BCUT2D eigenvalue weighted by atomic mass is 32.2. The van der Waals surface area contributed by atoms with Gasteiger partial charge in [0, 0.05) is 36.3 Å². The molecule has 1 aliphatic carbocycles. The van der Waals surface area contributed by atoms with Crippen LogP contribution in [-0.2, 0) is 29.2 Å². The van der Waals surface area contributed by atoms with Gasteiger partial charge in [-0.25, -0.2) is 8.42 Å². The molecule has 0 unspecified atom stereocenters. The number of hydrogen-bond donors (Lipinski definition) is 0.